The molecule has 2 unspecified atom stereocenters. The van der Waals surface area contributed by atoms with Gasteiger partial charge < -0.3 is 5.11 Å². The van der Waals surface area contributed by atoms with Gasteiger partial charge >= 0.3 is 0 Å². The summed E-state index contributed by atoms with van der Waals surface area (Å²) in [5, 5.41) is 16.5. The minimum atomic E-state index is -0.625. The van der Waals surface area contributed by atoms with Crippen LogP contribution in [0.5, 0.6) is 0 Å². The highest BCUT2D eigenvalue weighted by atomic mass is 32.2. The van der Waals surface area contributed by atoms with Crippen molar-refractivity contribution in [3.05, 3.63) is 48.3 Å². The molecule has 2 fully saturated rings. The molecule has 3 heterocycles. The molecule has 104 valence electrons. The van der Waals surface area contributed by atoms with Crippen LogP contribution in [-0.4, -0.2) is 25.4 Å². The van der Waals surface area contributed by atoms with E-state index in [1.807, 2.05) is 29.1 Å². The van der Waals surface area contributed by atoms with Crippen LogP contribution in [0.1, 0.15) is 31.2 Å². The zero-order chi connectivity index (χ0) is 13.6. The third-order valence-corrected chi connectivity index (χ3v) is 6.07. The molecule has 20 heavy (non-hydrogen) atoms. The van der Waals surface area contributed by atoms with Gasteiger partial charge in [-0.25, -0.2) is 4.68 Å². The zero-order valence-corrected chi connectivity index (χ0v) is 12.1. The topological polar surface area (TPSA) is 38.0 Å². The number of nitrogens with zero attached hydrogens (tertiary/aromatic N) is 2. The van der Waals surface area contributed by atoms with Crippen LogP contribution in [0.4, 0.5) is 0 Å². The molecule has 0 saturated carbocycles. The quantitative estimate of drug-likeness (QED) is 0.922. The number of aromatic nitrogens is 2. The molecule has 0 spiro atoms. The van der Waals surface area contributed by atoms with Crippen LogP contribution in [0, 0.1) is 0 Å². The summed E-state index contributed by atoms with van der Waals surface area (Å²) in [6, 6.07) is 10.1. The molecule has 0 aliphatic carbocycles. The molecule has 3 nitrogen and oxygen atoms in total. The fourth-order valence-corrected chi connectivity index (χ4v) is 5.33. The Hall–Kier alpha value is -1.26. The first kappa shape index (κ1) is 12.5. The average Bonchev–Trinajstić information content (AvgIpc) is 3.09. The molecular formula is C16H18N2OS. The molecule has 2 saturated heterocycles. The van der Waals surface area contributed by atoms with Gasteiger partial charge in [0.25, 0.3) is 0 Å². The summed E-state index contributed by atoms with van der Waals surface area (Å²) in [7, 11) is 0. The van der Waals surface area contributed by atoms with Crippen LogP contribution in [0.25, 0.3) is 5.69 Å². The van der Waals surface area contributed by atoms with E-state index in [2.05, 4.69) is 29.0 Å². The molecule has 1 aromatic carbocycles. The van der Waals surface area contributed by atoms with E-state index in [-0.39, 0.29) is 0 Å². The lowest BCUT2D eigenvalue weighted by atomic mass is 9.86. The average molecular weight is 286 g/mol. The van der Waals surface area contributed by atoms with E-state index in [0.29, 0.717) is 10.5 Å². The summed E-state index contributed by atoms with van der Waals surface area (Å²) in [5.74, 6) is 0. The summed E-state index contributed by atoms with van der Waals surface area (Å²) < 4.78 is 1.84. The predicted molar refractivity (Wildman–Crippen MR) is 81.1 cm³/mol. The minimum absolute atomic E-state index is 0.625. The van der Waals surface area contributed by atoms with Gasteiger partial charge in [0.2, 0.25) is 0 Å². The molecule has 2 aliphatic heterocycles. The Bertz CT molecular complexity index is 581. The van der Waals surface area contributed by atoms with E-state index in [1.165, 1.54) is 12.8 Å². The predicted octanol–water partition coefficient (Wildman–Crippen LogP) is 3.12. The molecule has 1 aromatic heterocycles. The minimum Gasteiger partial charge on any atom is -0.385 e. The third-order valence-electron chi connectivity index (χ3n) is 4.50. The van der Waals surface area contributed by atoms with E-state index >= 15 is 0 Å². The summed E-state index contributed by atoms with van der Waals surface area (Å²) >= 11 is 2.08. The highest BCUT2D eigenvalue weighted by Gasteiger charge is 2.44. The highest BCUT2D eigenvalue weighted by Crippen LogP contribution is 2.51. The highest BCUT2D eigenvalue weighted by molar-refractivity contribution is 8.00. The molecule has 2 bridgehead atoms. The second kappa shape index (κ2) is 4.64. The van der Waals surface area contributed by atoms with Gasteiger partial charge in [0.15, 0.2) is 0 Å². The first-order chi connectivity index (χ1) is 9.73. The first-order valence-corrected chi connectivity index (χ1v) is 8.16. The normalized spacial score (nSPS) is 32.5. The Morgan fingerprint density at radius 3 is 2.45 bits per heavy atom. The molecule has 2 aromatic rings. The monoisotopic (exact) mass is 286 g/mol. The molecule has 0 amide bonds. The molecule has 4 rings (SSSR count). The Kier molecular flexibility index (Phi) is 2.89. The van der Waals surface area contributed by atoms with E-state index in [4.69, 9.17) is 0 Å². The summed E-state index contributed by atoms with van der Waals surface area (Å²) in [6.45, 7) is 0. The number of thioether (sulfide) groups is 1. The van der Waals surface area contributed by atoms with Crippen LogP contribution >= 0.6 is 11.8 Å². The Morgan fingerprint density at radius 2 is 1.85 bits per heavy atom. The lowest BCUT2D eigenvalue weighted by Crippen LogP contribution is -2.34. The fraction of sp³-hybridized carbons (Fsp3) is 0.438. The maximum atomic E-state index is 11.0. The fourth-order valence-electron chi connectivity index (χ4n) is 3.50. The van der Waals surface area contributed by atoms with Crippen LogP contribution < -0.4 is 0 Å². The maximum Gasteiger partial charge on any atom is 0.0917 e. The maximum absolute atomic E-state index is 11.0. The van der Waals surface area contributed by atoms with Gasteiger partial charge in [-0.15, -0.1) is 0 Å². The molecule has 0 radical (unpaired) electrons. The van der Waals surface area contributed by atoms with Crippen molar-refractivity contribution in [3.8, 4) is 5.69 Å². The van der Waals surface area contributed by atoms with Crippen molar-refractivity contribution in [3.63, 3.8) is 0 Å². The number of hydrogen-bond donors (Lipinski definition) is 1. The zero-order valence-electron chi connectivity index (χ0n) is 11.3. The van der Waals surface area contributed by atoms with E-state index in [1.54, 1.807) is 6.20 Å². The van der Waals surface area contributed by atoms with Gasteiger partial charge in [0.1, 0.15) is 0 Å². The summed E-state index contributed by atoms with van der Waals surface area (Å²) in [6.07, 6.45) is 8.04. The lowest BCUT2D eigenvalue weighted by molar-refractivity contribution is 0.0196. The third kappa shape index (κ3) is 2.07. The number of aliphatic hydroxyl groups is 1. The van der Waals surface area contributed by atoms with E-state index < -0.39 is 5.60 Å². The Morgan fingerprint density at radius 1 is 1.15 bits per heavy atom. The van der Waals surface area contributed by atoms with Crippen molar-refractivity contribution >= 4 is 11.8 Å². The molecule has 4 heteroatoms. The Balaban J connectivity index is 1.62. The number of fused-ring (bicyclic) bond motifs is 2. The lowest BCUT2D eigenvalue weighted by Gasteiger charge is -2.36. The Labute approximate surface area is 123 Å². The van der Waals surface area contributed by atoms with Gasteiger partial charge in [-0.1, -0.05) is 12.1 Å². The van der Waals surface area contributed by atoms with Crippen LogP contribution in [0.2, 0.25) is 0 Å². The second-order valence-corrected chi connectivity index (χ2v) is 7.50. The van der Waals surface area contributed by atoms with Crippen LogP contribution in [-0.2, 0) is 5.60 Å². The second-order valence-electron chi connectivity index (χ2n) is 5.89. The number of benzene rings is 1. The van der Waals surface area contributed by atoms with Gasteiger partial charge in [-0.2, -0.15) is 16.9 Å². The molecule has 2 aliphatic rings. The van der Waals surface area contributed by atoms with Crippen molar-refractivity contribution in [2.45, 2.75) is 41.8 Å². The molecule has 1 N–H and O–H groups in total. The number of rotatable bonds is 2. The van der Waals surface area contributed by atoms with E-state index in [9.17, 15) is 5.11 Å². The largest absolute Gasteiger partial charge is 0.385 e. The smallest absolute Gasteiger partial charge is 0.0917 e. The molecule has 2 atom stereocenters. The SMILES string of the molecule is OC1(c2ccc(-n3cccn3)cc2)CC2CCC(C1)S2. The summed E-state index contributed by atoms with van der Waals surface area (Å²) in [5.41, 5.74) is 1.47. The summed E-state index contributed by atoms with van der Waals surface area (Å²) in [4.78, 5) is 0. The van der Waals surface area contributed by atoms with Crippen LogP contribution in [0.3, 0.4) is 0 Å². The van der Waals surface area contributed by atoms with Crippen molar-refractivity contribution in [2.75, 3.05) is 0 Å². The van der Waals surface area contributed by atoms with Crippen molar-refractivity contribution < 1.29 is 5.11 Å². The van der Waals surface area contributed by atoms with Crippen molar-refractivity contribution in [1.29, 1.82) is 0 Å². The molecular weight excluding hydrogens is 268 g/mol. The van der Waals surface area contributed by atoms with Crippen molar-refractivity contribution in [1.82, 2.24) is 9.78 Å². The van der Waals surface area contributed by atoms with Crippen LogP contribution in [0.15, 0.2) is 42.7 Å². The van der Waals surface area contributed by atoms with E-state index in [0.717, 1.165) is 24.1 Å². The van der Waals surface area contributed by atoms with Gasteiger partial charge in [-0.05, 0) is 49.4 Å². The van der Waals surface area contributed by atoms with Gasteiger partial charge in [0, 0.05) is 22.9 Å². The number of hydrogen-bond acceptors (Lipinski definition) is 3. The van der Waals surface area contributed by atoms with Gasteiger partial charge in [0.05, 0.1) is 11.3 Å². The van der Waals surface area contributed by atoms with Gasteiger partial charge in [-0.3, -0.25) is 0 Å². The van der Waals surface area contributed by atoms with Crippen molar-refractivity contribution in [2.24, 2.45) is 0 Å². The first-order valence-electron chi connectivity index (χ1n) is 7.21. The standard InChI is InChI=1S/C16H18N2OS/c19-16(10-14-6-7-15(11-16)20-14)12-2-4-13(5-3-12)18-9-1-8-17-18/h1-5,8-9,14-15,19H,6-7,10-11H2.